The Morgan fingerprint density at radius 3 is 2.68 bits per heavy atom. The van der Waals surface area contributed by atoms with E-state index in [1.807, 2.05) is 23.1 Å². The molecule has 0 aliphatic carbocycles. The predicted octanol–water partition coefficient (Wildman–Crippen LogP) is 1.43. The maximum atomic E-state index is 12.3. The average Bonchev–Trinajstić information content (AvgIpc) is 3.07. The zero-order chi connectivity index (χ0) is 15.4. The quantitative estimate of drug-likeness (QED) is 0.883. The maximum Gasteiger partial charge on any atom is 0.222 e. The van der Waals surface area contributed by atoms with Gasteiger partial charge in [-0.3, -0.25) is 4.79 Å². The number of para-hydroxylation sites is 2. The number of rotatable bonds is 4. The molecule has 0 bridgehead atoms. The van der Waals surface area contributed by atoms with Crippen molar-refractivity contribution < 1.29 is 9.90 Å². The Balaban J connectivity index is 1.46. The Hall–Kier alpha value is -1.75. The van der Waals surface area contributed by atoms with E-state index in [1.165, 1.54) is 6.42 Å². The summed E-state index contributed by atoms with van der Waals surface area (Å²) in [5, 5.41) is 13.3. The fourth-order valence-electron chi connectivity index (χ4n) is 3.37. The molecule has 3 rings (SSSR count). The van der Waals surface area contributed by atoms with Gasteiger partial charge in [0, 0.05) is 32.6 Å². The first-order chi connectivity index (χ1) is 10.7. The second-order valence-electron chi connectivity index (χ2n) is 6.25. The zero-order valence-electron chi connectivity index (χ0n) is 13.0. The van der Waals surface area contributed by atoms with Crippen molar-refractivity contribution in [1.29, 1.82) is 0 Å². The Kier molecular flexibility index (Phi) is 4.83. The number of aromatic hydroxyl groups is 1. The van der Waals surface area contributed by atoms with E-state index in [-0.39, 0.29) is 5.91 Å². The molecule has 2 saturated heterocycles. The number of amides is 1. The topological polar surface area (TPSA) is 55.8 Å². The van der Waals surface area contributed by atoms with Crippen LogP contribution in [0, 0.1) is 5.92 Å². The van der Waals surface area contributed by atoms with Gasteiger partial charge in [-0.05, 0) is 44.0 Å². The Morgan fingerprint density at radius 2 is 2.00 bits per heavy atom. The molecule has 5 nitrogen and oxygen atoms in total. The van der Waals surface area contributed by atoms with Gasteiger partial charge in [0.05, 0.1) is 5.69 Å². The van der Waals surface area contributed by atoms with Crippen LogP contribution in [0.3, 0.4) is 0 Å². The van der Waals surface area contributed by atoms with E-state index in [4.69, 9.17) is 0 Å². The van der Waals surface area contributed by atoms with Gasteiger partial charge in [-0.15, -0.1) is 0 Å². The van der Waals surface area contributed by atoms with Crippen LogP contribution in [0.4, 0.5) is 5.69 Å². The highest BCUT2D eigenvalue weighted by Crippen LogP contribution is 2.27. The van der Waals surface area contributed by atoms with Gasteiger partial charge < -0.3 is 20.2 Å². The van der Waals surface area contributed by atoms with Crippen LogP contribution in [-0.4, -0.2) is 55.2 Å². The van der Waals surface area contributed by atoms with Crippen LogP contribution in [0.2, 0.25) is 0 Å². The second-order valence-corrected chi connectivity index (χ2v) is 6.25. The monoisotopic (exact) mass is 303 g/mol. The first kappa shape index (κ1) is 15.2. The third kappa shape index (κ3) is 3.53. The van der Waals surface area contributed by atoms with Crippen LogP contribution in [-0.2, 0) is 4.79 Å². The molecule has 1 aromatic rings. The third-order valence-corrected chi connectivity index (χ3v) is 4.78. The second kappa shape index (κ2) is 7.01. The summed E-state index contributed by atoms with van der Waals surface area (Å²) in [5.74, 6) is 1.27. The standard InChI is InChI=1S/C17H25N3O2/c21-16-4-2-1-3-15(16)19-9-11-20(12-10-19)17(22)6-5-14-7-8-18-13-14/h1-4,14,18,21H,5-13H2. The minimum Gasteiger partial charge on any atom is -0.506 e. The number of carbonyl (C=O) groups excluding carboxylic acids is 1. The minimum absolute atomic E-state index is 0.281. The number of piperazine rings is 1. The molecule has 2 fully saturated rings. The summed E-state index contributed by atoms with van der Waals surface area (Å²) in [6.07, 6.45) is 2.88. The van der Waals surface area contributed by atoms with Gasteiger partial charge in [-0.25, -0.2) is 0 Å². The number of benzene rings is 1. The molecule has 1 aromatic carbocycles. The van der Waals surface area contributed by atoms with E-state index < -0.39 is 0 Å². The van der Waals surface area contributed by atoms with E-state index in [2.05, 4.69) is 10.2 Å². The van der Waals surface area contributed by atoms with Crippen molar-refractivity contribution in [1.82, 2.24) is 10.2 Å². The van der Waals surface area contributed by atoms with Gasteiger partial charge >= 0.3 is 0 Å². The molecule has 1 atom stereocenters. The average molecular weight is 303 g/mol. The lowest BCUT2D eigenvalue weighted by atomic mass is 10.0. The van der Waals surface area contributed by atoms with Crippen LogP contribution in [0.15, 0.2) is 24.3 Å². The lowest BCUT2D eigenvalue weighted by Crippen LogP contribution is -2.48. The number of nitrogens with one attached hydrogen (secondary N) is 1. The maximum absolute atomic E-state index is 12.3. The van der Waals surface area contributed by atoms with Crippen molar-refractivity contribution in [2.75, 3.05) is 44.2 Å². The van der Waals surface area contributed by atoms with Crippen molar-refractivity contribution in [2.45, 2.75) is 19.3 Å². The lowest BCUT2D eigenvalue weighted by molar-refractivity contribution is -0.131. The Morgan fingerprint density at radius 1 is 1.23 bits per heavy atom. The Bertz CT molecular complexity index is 506. The molecule has 5 heteroatoms. The molecule has 0 aromatic heterocycles. The number of hydrogen-bond donors (Lipinski definition) is 2. The highest BCUT2D eigenvalue weighted by molar-refractivity contribution is 5.76. The van der Waals surface area contributed by atoms with Crippen LogP contribution in [0.5, 0.6) is 5.75 Å². The summed E-state index contributed by atoms with van der Waals surface area (Å²) in [6.45, 7) is 5.22. The predicted molar refractivity (Wildman–Crippen MR) is 87.1 cm³/mol. The van der Waals surface area contributed by atoms with E-state index in [0.29, 0.717) is 18.1 Å². The highest BCUT2D eigenvalue weighted by Gasteiger charge is 2.23. The van der Waals surface area contributed by atoms with Crippen molar-refractivity contribution in [3.63, 3.8) is 0 Å². The first-order valence-corrected chi connectivity index (χ1v) is 8.25. The fourth-order valence-corrected chi connectivity index (χ4v) is 3.37. The number of phenolic OH excluding ortho intramolecular Hbond substituents is 1. The van der Waals surface area contributed by atoms with Crippen LogP contribution >= 0.6 is 0 Å². The van der Waals surface area contributed by atoms with E-state index >= 15 is 0 Å². The molecular weight excluding hydrogens is 278 g/mol. The van der Waals surface area contributed by atoms with Gasteiger partial charge in [-0.1, -0.05) is 12.1 Å². The van der Waals surface area contributed by atoms with Crippen LogP contribution in [0.1, 0.15) is 19.3 Å². The zero-order valence-corrected chi connectivity index (χ0v) is 13.0. The highest BCUT2D eigenvalue weighted by atomic mass is 16.3. The Labute approximate surface area is 131 Å². The molecule has 2 aliphatic heterocycles. The van der Waals surface area contributed by atoms with Crippen LogP contribution < -0.4 is 10.2 Å². The largest absolute Gasteiger partial charge is 0.506 e. The summed E-state index contributed by atoms with van der Waals surface area (Å²) in [5.41, 5.74) is 0.867. The van der Waals surface area contributed by atoms with Gasteiger partial charge in [0.25, 0.3) is 0 Å². The molecule has 22 heavy (non-hydrogen) atoms. The van der Waals surface area contributed by atoms with Crippen molar-refractivity contribution in [2.24, 2.45) is 5.92 Å². The first-order valence-electron chi connectivity index (χ1n) is 8.25. The molecule has 2 aliphatic rings. The molecule has 2 N–H and O–H groups in total. The summed E-state index contributed by atoms with van der Waals surface area (Å²) in [6, 6.07) is 7.40. The van der Waals surface area contributed by atoms with Crippen molar-refractivity contribution in [3.05, 3.63) is 24.3 Å². The minimum atomic E-state index is 0.281. The molecule has 120 valence electrons. The number of carbonyl (C=O) groups is 1. The summed E-state index contributed by atoms with van der Waals surface area (Å²) < 4.78 is 0. The molecule has 2 heterocycles. The molecule has 1 unspecified atom stereocenters. The molecule has 0 saturated carbocycles. The summed E-state index contributed by atoms with van der Waals surface area (Å²) in [7, 11) is 0. The van der Waals surface area contributed by atoms with Gasteiger partial charge in [0.2, 0.25) is 5.91 Å². The number of phenols is 1. The molecule has 0 spiro atoms. The van der Waals surface area contributed by atoms with Crippen molar-refractivity contribution in [3.8, 4) is 5.75 Å². The van der Waals surface area contributed by atoms with Crippen molar-refractivity contribution >= 4 is 11.6 Å². The third-order valence-electron chi connectivity index (χ3n) is 4.78. The van der Waals surface area contributed by atoms with E-state index in [9.17, 15) is 9.90 Å². The number of anilines is 1. The SMILES string of the molecule is O=C(CCC1CCNC1)N1CCN(c2ccccc2O)CC1. The van der Waals surface area contributed by atoms with Gasteiger partial charge in [-0.2, -0.15) is 0 Å². The molecule has 0 radical (unpaired) electrons. The summed E-state index contributed by atoms with van der Waals surface area (Å²) >= 11 is 0. The number of hydrogen-bond acceptors (Lipinski definition) is 4. The summed E-state index contributed by atoms with van der Waals surface area (Å²) in [4.78, 5) is 16.4. The van der Waals surface area contributed by atoms with Gasteiger partial charge in [0.1, 0.15) is 5.75 Å². The van der Waals surface area contributed by atoms with Gasteiger partial charge in [0.15, 0.2) is 0 Å². The fraction of sp³-hybridized carbons (Fsp3) is 0.588. The van der Waals surface area contributed by atoms with E-state index in [0.717, 1.165) is 51.4 Å². The lowest BCUT2D eigenvalue weighted by Gasteiger charge is -2.36. The van der Waals surface area contributed by atoms with Crippen LogP contribution in [0.25, 0.3) is 0 Å². The molecular formula is C17H25N3O2. The molecule has 1 amide bonds. The van der Waals surface area contributed by atoms with E-state index in [1.54, 1.807) is 6.07 Å². The number of nitrogens with zero attached hydrogens (tertiary/aromatic N) is 2. The normalized spacial score (nSPS) is 22.1. The smallest absolute Gasteiger partial charge is 0.222 e.